The minimum atomic E-state index is -0.793. The number of rotatable bonds is 10. The normalized spacial score (nSPS) is 16.7. The Bertz CT molecular complexity index is 432. The molecule has 1 N–H and O–H groups in total. The van der Waals surface area contributed by atoms with Gasteiger partial charge >= 0.3 is 5.97 Å². The van der Waals surface area contributed by atoms with E-state index < -0.39 is 12.1 Å². The summed E-state index contributed by atoms with van der Waals surface area (Å²) >= 11 is 0. The first-order valence-electron chi connectivity index (χ1n) is 8.30. The Balaban J connectivity index is 0.000000341. The topological polar surface area (TPSA) is 77.5 Å². The molecule has 2 atom stereocenters. The summed E-state index contributed by atoms with van der Waals surface area (Å²) in [5, 5.41) is 9.42. The lowest BCUT2D eigenvalue weighted by atomic mass is 10.2. The molecule has 1 aromatic carbocycles. The van der Waals surface area contributed by atoms with E-state index in [9.17, 15) is 9.90 Å². The summed E-state index contributed by atoms with van der Waals surface area (Å²) < 4.78 is 19.9. The van der Waals surface area contributed by atoms with Gasteiger partial charge in [-0.3, -0.25) is 4.79 Å². The van der Waals surface area contributed by atoms with Crippen LogP contribution in [0.15, 0.2) is 30.3 Å². The van der Waals surface area contributed by atoms with Crippen molar-refractivity contribution in [3.05, 3.63) is 35.9 Å². The highest BCUT2D eigenvalue weighted by atomic mass is 16.6. The van der Waals surface area contributed by atoms with Crippen LogP contribution in [0.3, 0.4) is 0 Å². The van der Waals surface area contributed by atoms with Crippen LogP contribution in [0.2, 0.25) is 0 Å². The molecule has 0 saturated carbocycles. The third kappa shape index (κ3) is 11.1. The zero-order valence-corrected chi connectivity index (χ0v) is 14.5. The van der Waals surface area contributed by atoms with Gasteiger partial charge in [0.15, 0.2) is 0 Å². The molecule has 1 aliphatic rings. The van der Waals surface area contributed by atoms with E-state index in [0.717, 1.165) is 25.4 Å². The number of ether oxygens (including phenoxy) is 4. The van der Waals surface area contributed by atoms with Crippen LogP contribution in [0, 0.1) is 0 Å². The van der Waals surface area contributed by atoms with Crippen molar-refractivity contribution in [2.45, 2.75) is 39.1 Å². The first kappa shape index (κ1) is 20.6. The number of carbonyl (C=O) groups excluding carboxylic acids is 1. The van der Waals surface area contributed by atoms with Crippen LogP contribution in [0.1, 0.15) is 25.8 Å². The van der Waals surface area contributed by atoms with Crippen molar-refractivity contribution < 1.29 is 28.8 Å². The Morgan fingerprint density at radius 1 is 1.25 bits per heavy atom. The van der Waals surface area contributed by atoms with Crippen LogP contribution in [-0.4, -0.2) is 56.3 Å². The molecule has 0 amide bonds. The lowest BCUT2D eigenvalue weighted by molar-refractivity contribution is -0.148. The molecule has 1 fully saturated rings. The zero-order valence-electron chi connectivity index (χ0n) is 14.5. The van der Waals surface area contributed by atoms with Crippen molar-refractivity contribution in [3.8, 4) is 0 Å². The molecule has 1 heterocycles. The number of benzene rings is 1. The first-order valence-corrected chi connectivity index (χ1v) is 8.30. The van der Waals surface area contributed by atoms with Crippen molar-refractivity contribution >= 4 is 5.97 Å². The minimum Gasteiger partial charge on any atom is -0.461 e. The van der Waals surface area contributed by atoms with Crippen molar-refractivity contribution in [1.82, 2.24) is 0 Å². The minimum absolute atomic E-state index is 0.0349. The fraction of sp³-hybridized carbons (Fsp3) is 0.611. The summed E-state index contributed by atoms with van der Waals surface area (Å²) in [5.74, 6) is -0.416. The molecule has 0 spiro atoms. The Hall–Kier alpha value is -1.47. The van der Waals surface area contributed by atoms with Gasteiger partial charge in [-0.15, -0.1) is 0 Å². The number of carbonyl (C=O) groups is 1. The van der Waals surface area contributed by atoms with E-state index in [1.807, 2.05) is 44.2 Å². The molecule has 0 radical (unpaired) electrons. The molecule has 0 unspecified atom stereocenters. The van der Waals surface area contributed by atoms with Crippen molar-refractivity contribution in [3.63, 3.8) is 0 Å². The maximum Gasteiger partial charge on any atom is 0.308 e. The largest absolute Gasteiger partial charge is 0.461 e. The van der Waals surface area contributed by atoms with Crippen LogP contribution in [-0.2, 0) is 30.3 Å². The number of aliphatic hydroxyl groups is 1. The Labute approximate surface area is 143 Å². The summed E-state index contributed by atoms with van der Waals surface area (Å²) in [5.41, 5.74) is 0.931. The van der Waals surface area contributed by atoms with Gasteiger partial charge in [-0.2, -0.15) is 0 Å². The Morgan fingerprint density at radius 2 is 1.92 bits per heavy atom. The van der Waals surface area contributed by atoms with Crippen molar-refractivity contribution in [2.24, 2.45) is 0 Å². The molecular weight excluding hydrogens is 312 g/mol. The van der Waals surface area contributed by atoms with Crippen LogP contribution in [0.4, 0.5) is 0 Å². The van der Waals surface area contributed by atoms with E-state index in [0.29, 0.717) is 12.7 Å². The van der Waals surface area contributed by atoms with Gasteiger partial charge in [0.1, 0.15) is 12.7 Å². The Kier molecular flexibility index (Phi) is 11.1. The lowest BCUT2D eigenvalue weighted by Gasteiger charge is -2.10. The van der Waals surface area contributed by atoms with Gasteiger partial charge < -0.3 is 24.1 Å². The molecule has 0 aliphatic carbocycles. The number of aliphatic hydroxyl groups excluding tert-OH is 1. The summed E-state index contributed by atoms with van der Waals surface area (Å²) in [7, 11) is 0. The predicted octanol–water partition coefficient (Wildman–Crippen LogP) is 1.94. The lowest BCUT2D eigenvalue weighted by Crippen LogP contribution is -2.21. The summed E-state index contributed by atoms with van der Waals surface area (Å²) in [6, 6.07) is 9.42. The van der Waals surface area contributed by atoms with Gasteiger partial charge in [-0.1, -0.05) is 30.3 Å². The van der Waals surface area contributed by atoms with E-state index in [4.69, 9.17) is 18.9 Å². The number of hydrogen-bond donors (Lipinski definition) is 1. The monoisotopic (exact) mass is 340 g/mol. The first-order chi connectivity index (χ1) is 11.7. The van der Waals surface area contributed by atoms with Gasteiger partial charge in [-0.25, -0.2) is 0 Å². The van der Waals surface area contributed by atoms with Crippen LogP contribution < -0.4 is 0 Å². The second-order valence-electron chi connectivity index (χ2n) is 5.28. The number of epoxide rings is 1. The molecular formula is C18H28O6. The highest BCUT2D eigenvalue weighted by molar-refractivity contribution is 5.69. The maximum atomic E-state index is 11.4. The van der Waals surface area contributed by atoms with E-state index in [2.05, 4.69) is 0 Å². The third-order valence-electron chi connectivity index (χ3n) is 3.07. The summed E-state index contributed by atoms with van der Waals surface area (Å²) in [4.78, 5) is 11.4. The average Bonchev–Trinajstić information content (AvgIpc) is 3.42. The van der Waals surface area contributed by atoms with Gasteiger partial charge in [0.25, 0.3) is 0 Å². The highest BCUT2D eigenvalue weighted by Crippen LogP contribution is 2.07. The molecule has 0 aromatic heterocycles. The molecule has 2 rings (SSSR count). The standard InChI is InChI=1S/C13H18O4.C5H10O2/c1-2-16-10-12(14)8-13(15)17-9-11-6-4-3-5-7-11;1-2-6-3-5-4-7-5/h3-7,12,14H,2,8-10H2,1H3;5H,2-4H2,1H3/t12-;5-/m01/s1. The molecule has 24 heavy (non-hydrogen) atoms. The molecule has 1 aliphatic heterocycles. The van der Waals surface area contributed by atoms with E-state index >= 15 is 0 Å². The van der Waals surface area contributed by atoms with Crippen molar-refractivity contribution in [1.29, 1.82) is 0 Å². The third-order valence-corrected chi connectivity index (χ3v) is 3.07. The maximum absolute atomic E-state index is 11.4. The highest BCUT2D eigenvalue weighted by Gasteiger charge is 2.21. The van der Waals surface area contributed by atoms with E-state index in [1.54, 1.807) is 0 Å². The summed E-state index contributed by atoms with van der Waals surface area (Å²) in [6.07, 6.45) is -0.398. The molecule has 136 valence electrons. The molecule has 6 heteroatoms. The fourth-order valence-electron chi connectivity index (χ4n) is 1.72. The Morgan fingerprint density at radius 3 is 2.50 bits per heavy atom. The van der Waals surface area contributed by atoms with Crippen molar-refractivity contribution in [2.75, 3.05) is 33.0 Å². The smallest absolute Gasteiger partial charge is 0.308 e. The number of esters is 1. The number of hydrogen-bond acceptors (Lipinski definition) is 6. The fourth-order valence-corrected chi connectivity index (χ4v) is 1.72. The van der Waals surface area contributed by atoms with E-state index in [1.165, 1.54) is 0 Å². The van der Waals surface area contributed by atoms with Gasteiger partial charge in [0.05, 0.1) is 32.3 Å². The van der Waals surface area contributed by atoms with Gasteiger partial charge in [0.2, 0.25) is 0 Å². The molecule has 6 nitrogen and oxygen atoms in total. The second kappa shape index (κ2) is 12.9. The van der Waals surface area contributed by atoms with Crippen LogP contribution in [0.5, 0.6) is 0 Å². The average molecular weight is 340 g/mol. The summed E-state index contributed by atoms with van der Waals surface area (Å²) in [6.45, 7) is 7.24. The van der Waals surface area contributed by atoms with Gasteiger partial charge in [-0.05, 0) is 19.4 Å². The molecule has 1 saturated heterocycles. The zero-order chi connectivity index (χ0) is 17.6. The predicted molar refractivity (Wildman–Crippen MR) is 89.6 cm³/mol. The van der Waals surface area contributed by atoms with Crippen LogP contribution in [0.25, 0.3) is 0 Å². The van der Waals surface area contributed by atoms with Gasteiger partial charge in [0, 0.05) is 13.2 Å². The molecule has 0 bridgehead atoms. The second-order valence-corrected chi connectivity index (χ2v) is 5.28. The van der Waals surface area contributed by atoms with E-state index in [-0.39, 0.29) is 19.6 Å². The molecule has 1 aromatic rings. The SMILES string of the molecule is CCOC[C@@H](O)CC(=O)OCc1ccccc1.CCOC[C@@H]1CO1. The quantitative estimate of drug-likeness (QED) is 0.518. The van der Waals surface area contributed by atoms with Crippen LogP contribution >= 0.6 is 0 Å².